The summed E-state index contributed by atoms with van der Waals surface area (Å²) in [6.45, 7) is 2.06. The number of hydrogen-bond donors (Lipinski definition) is 2. The highest BCUT2D eigenvalue weighted by atomic mass is 16.7. The Morgan fingerprint density at radius 3 is 2.35 bits per heavy atom. The van der Waals surface area contributed by atoms with Crippen molar-refractivity contribution < 1.29 is 28.9 Å². The van der Waals surface area contributed by atoms with Gasteiger partial charge in [0, 0.05) is 37.3 Å². The largest absolute Gasteiger partial charge is 0.507 e. The normalized spacial score (nSPS) is 33.5. The minimum absolute atomic E-state index is 0.0190. The zero-order valence-electron chi connectivity index (χ0n) is 20.5. The fourth-order valence-electron chi connectivity index (χ4n) is 7.13. The van der Waals surface area contributed by atoms with Crippen LogP contribution in [-0.4, -0.2) is 48.3 Å². The highest BCUT2D eigenvalue weighted by Gasteiger charge is 2.87. The van der Waals surface area contributed by atoms with Gasteiger partial charge in [-0.2, -0.15) is 0 Å². The van der Waals surface area contributed by atoms with Crippen molar-refractivity contribution in [3.63, 3.8) is 0 Å². The number of anilines is 1. The monoisotopic (exact) mass is 493 g/mol. The number of ketones is 2. The summed E-state index contributed by atoms with van der Waals surface area (Å²) in [7, 11) is 3.17. The minimum atomic E-state index is -1.11. The summed E-state index contributed by atoms with van der Waals surface area (Å²) in [5.74, 6) is 9.85. The molecule has 1 saturated heterocycles. The molecule has 2 aromatic carbocycles. The van der Waals surface area contributed by atoms with Crippen LogP contribution in [0.5, 0.6) is 5.75 Å². The Bertz CT molecular complexity index is 1600. The van der Waals surface area contributed by atoms with Crippen molar-refractivity contribution >= 4 is 17.3 Å². The number of phenolic OH excluding ortho intramolecular Hbond substituents is 1. The molecule has 37 heavy (non-hydrogen) atoms. The summed E-state index contributed by atoms with van der Waals surface area (Å²) in [5.41, 5.74) is -0.249. The van der Waals surface area contributed by atoms with E-state index in [9.17, 15) is 14.7 Å². The van der Waals surface area contributed by atoms with Crippen LogP contribution in [0.4, 0.5) is 5.69 Å². The molecule has 5 aliphatic rings. The van der Waals surface area contributed by atoms with Gasteiger partial charge in [-0.3, -0.25) is 9.59 Å². The number of carbonyl (C=O) groups is 2. The Labute approximate surface area is 213 Å². The Kier molecular flexibility index (Phi) is 4.29. The molecule has 2 aromatic rings. The first-order valence-electron chi connectivity index (χ1n) is 12.2. The molecule has 0 aromatic heterocycles. The average molecular weight is 494 g/mol. The van der Waals surface area contributed by atoms with E-state index < -0.39 is 34.7 Å². The van der Waals surface area contributed by atoms with Crippen LogP contribution in [0.25, 0.3) is 0 Å². The van der Waals surface area contributed by atoms with Crippen LogP contribution in [0.15, 0.2) is 42.5 Å². The Hall–Kier alpha value is -3.88. The van der Waals surface area contributed by atoms with Crippen molar-refractivity contribution in [2.24, 2.45) is 11.8 Å². The van der Waals surface area contributed by atoms with E-state index in [4.69, 9.17) is 14.2 Å². The van der Waals surface area contributed by atoms with Crippen LogP contribution in [-0.2, 0) is 19.8 Å². The lowest BCUT2D eigenvalue weighted by Gasteiger charge is -2.50. The summed E-state index contributed by atoms with van der Waals surface area (Å²) in [5, 5.41) is 14.7. The maximum Gasteiger partial charge on any atom is 0.198 e. The average Bonchev–Trinajstić information content (AvgIpc) is 3.63. The zero-order valence-corrected chi connectivity index (χ0v) is 20.5. The van der Waals surface area contributed by atoms with Gasteiger partial charge < -0.3 is 24.6 Å². The third-order valence-corrected chi connectivity index (χ3v) is 8.73. The molecule has 7 rings (SSSR count). The van der Waals surface area contributed by atoms with Gasteiger partial charge in [-0.25, -0.2) is 0 Å². The second-order valence-electron chi connectivity index (χ2n) is 10.1. The molecule has 7 nitrogen and oxygen atoms in total. The highest BCUT2D eigenvalue weighted by molar-refractivity contribution is 6.31. The molecule has 0 spiro atoms. The molecule has 2 fully saturated rings. The number of hydrogen-bond acceptors (Lipinski definition) is 7. The van der Waals surface area contributed by atoms with Crippen LogP contribution in [0.3, 0.4) is 0 Å². The van der Waals surface area contributed by atoms with E-state index in [1.807, 2.05) is 0 Å². The van der Waals surface area contributed by atoms with Crippen LogP contribution < -0.4 is 5.32 Å². The number of ether oxygens (including phenoxy) is 3. The van der Waals surface area contributed by atoms with Crippen LogP contribution in [0.2, 0.25) is 0 Å². The van der Waals surface area contributed by atoms with Crippen LogP contribution in [0.1, 0.15) is 50.8 Å². The van der Waals surface area contributed by atoms with Crippen molar-refractivity contribution in [1.29, 1.82) is 0 Å². The predicted molar refractivity (Wildman–Crippen MR) is 133 cm³/mol. The topological polar surface area (TPSA) is 97.4 Å². The molecule has 7 heteroatoms. The summed E-state index contributed by atoms with van der Waals surface area (Å²) in [6.07, 6.45) is 3.85. The van der Waals surface area contributed by atoms with E-state index >= 15 is 0 Å². The molecular formula is C30H23NO6. The minimum Gasteiger partial charge on any atom is -0.507 e. The molecular weight excluding hydrogens is 470 g/mol. The number of allylic oxidation sites excluding steroid dienone is 2. The number of carbonyl (C=O) groups excluding carboxylic acids is 2. The lowest BCUT2D eigenvalue weighted by molar-refractivity contribution is -0.257. The quantitative estimate of drug-likeness (QED) is 0.245. The molecule has 0 unspecified atom stereocenters. The van der Waals surface area contributed by atoms with Gasteiger partial charge in [-0.15, -0.1) is 0 Å². The molecule has 2 N–H and O–H groups in total. The van der Waals surface area contributed by atoms with E-state index in [1.165, 1.54) is 6.07 Å². The summed E-state index contributed by atoms with van der Waals surface area (Å²) in [6, 6.07) is 7.68. The Morgan fingerprint density at radius 2 is 1.68 bits per heavy atom. The molecule has 0 amide bonds. The smallest absolute Gasteiger partial charge is 0.198 e. The molecule has 3 aliphatic carbocycles. The number of aromatic hydroxyl groups is 1. The number of methoxy groups -OCH3 is 2. The molecule has 2 heterocycles. The van der Waals surface area contributed by atoms with Crippen LogP contribution in [0, 0.1) is 35.5 Å². The van der Waals surface area contributed by atoms with Crippen molar-refractivity contribution in [3.8, 4) is 29.4 Å². The van der Waals surface area contributed by atoms with Gasteiger partial charge in [-0.05, 0) is 24.1 Å². The van der Waals surface area contributed by atoms with Gasteiger partial charge in [0.25, 0.3) is 0 Å². The van der Waals surface area contributed by atoms with E-state index in [0.29, 0.717) is 23.2 Å². The fraction of sp³-hybridized carbons (Fsp3) is 0.333. The zero-order chi connectivity index (χ0) is 25.7. The molecule has 2 aliphatic heterocycles. The molecule has 4 bridgehead atoms. The van der Waals surface area contributed by atoms with Crippen molar-refractivity contribution in [1.82, 2.24) is 0 Å². The predicted octanol–water partition coefficient (Wildman–Crippen LogP) is 3.15. The number of fused-ring (bicyclic) bond motifs is 4. The van der Waals surface area contributed by atoms with E-state index in [2.05, 4.69) is 35.9 Å². The Morgan fingerprint density at radius 1 is 1.03 bits per heavy atom. The van der Waals surface area contributed by atoms with E-state index in [1.54, 1.807) is 50.6 Å². The lowest BCUT2D eigenvalue weighted by Crippen LogP contribution is -2.62. The third-order valence-electron chi connectivity index (χ3n) is 8.73. The standard InChI is InChI=1S/C30H23NO6/c1-16-15-28(35-2,36-3)21-12-6-4-5-7-13-22-29(16)30(21,37-29)19-14-20(32)23-24(25(19)31-22)27(34)18-11-9-8-10-17(18)26(23)33/h4-5,8-11,14,16,21-22,31-32H,15H2,1-3H3/b5-4-/t16-,21+,22-,29-,30-/m0/s1. The number of phenols is 1. The first-order valence-corrected chi connectivity index (χ1v) is 12.2. The van der Waals surface area contributed by atoms with Crippen molar-refractivity contribution in [2.45, 2.75) is 36.4 Å². The van der Waals surface area contributed by atoms with Gasteiger partial charge in [0.1, 0.15) is 28.9 Å². The summed E-state index contributed by atoms with van der Waals surface area (Å²) < 4.78 is 18.8. The number of benzene rings is 2. The lowest BCUT2D eigenvalue weighted by atomic mass is 9.57. The third kappa shape index (κ3) is 2.40. The first kappa shape index (κ1) is 22.3. The second kappa shape index (κ2) is 7.12. The van der Waals surface area contributed by atoms with Gasteiger partial charge in [0.05, 0.1) is 16.8 Å². The fourth-order valence-corrected chi connectivity index (χ4v) is 7.13. The van der Waals surface area contributed by atoms with E-state index in [0.717, 1.165) is 0 Å². The highest BCUT2D eigenvalue weighted by Crippen LogP contribution is 2.75. The first-order chi connectivity index (χ1) is 17.9. The number of rotatable bonds is 2. The summed E-state index contributed by atoms with van der Waals surface area (Å²) in [4.78, 5) is 27.4. The number of nitrogens with one attached hydrogen (secondary N) is 1. The molecule has 184 valence electrons. The Balaban J connectivity index is 1.57. The van der Waals surface area contributed by atoms with Gasteiger partial charge >= 0.3 is 0 Å². The van der Waals surface area contributed by atoms with E-state index in [-0.39, 0.29) is 34.1 Å². The SMILES string of the molecule is COC1(OC)C[C@H](C)[C@@]23O[C@]24c2cc(O)c5c(c2N[C@H]3C#C/C=C\C#C[C@H]14)C(=O)c1ccccc1C5=O. The van der Waals surface area contributed by atoms with Crippen molar-refractivity contribution in [3.05, 3.63) is 70.3 Å². The molecule has 5 atom stereocenters. The van der Waals surface area contributed by atoms with Gasteiger partial charge in [0.2, 0.25) is 0 Å². The van der Waals surface area contributed by atoms with Crippen molar-refractivity contribution in [2.75, 3.05) is 19.5 Å². The molecule has 1 saturated carbocycles. The number of epoxide rings is 1. The van der Waals surface area contributed by atoms with Gasteiger partial charge in [0.15, 0.2) is 17.4 Å². The second-order valence-corrected chi connectivity index (χ2v) is 10.1. The maximum atomic E-state index is 13.9. The van der Waals surface area contributed by atoms with Gasteiger partial charge in [-0.1, -0.05) is 54.9 Å². The molecule has 0 radical (unpaired) electrons. The summed E-state index contributed by atoms with van der Waals surface area (Å²) >= 11 is 0. The maximum absolute atomic E-state index is 13.9. The van der Waals surface area contributed by atoms with Crippen LogP contribution >= 0.6 is 0 Å².